The van der Waals surface area contributed by atoms with E-state index in [0.29, 0.717) is 6.04 Å². The van der Waals surface area contributed by atoms with Crippen molar-refractivity contribution in [2.24, 2.45) is 0 Å². The van der Waals surface area contributed by atoms with Crippen LogP contribution in [0, 0.1) is 0 Å². The summed E-state index contributed by atoms with van der Waals surface area (Å²) in [5, 5.41) is 8.29. The fourth-order valence-electron chi connectivity index (χ4n) is 4.05. The Morgan fingerprint density at radius 2 is 2.00 bits per heavy atom. The van der Waals surface area contributed by atoms with Crippen molar-refractivity contribution in [3.8, 4) is 0 Å². The molecular weight excluding hydrogens is 382 g/mol. The van der Waals surface area contributed by atoms with Crippen molar-refractivity contribution in [1.29, 1.82) is 0 Å². The smallest absolute Gasteiger partial charge is 0.267 e. The van der Waals surface area contributed by atoms with Crippen molar-refractivity contribution in [2.45, 2.75) is 70.0 Å². The van der Waals surface area contributed by atoms with Crippen LogP contribution in [0.4, 0.5) is 0 Å². The van der Waals surface area contributed by atoms with Crippen LogP contribution in [0.2, 0.25) is 0 Å². The highest BCUT2D eigenvalue weighted by Crippen LogP contribution is 2.28. The highest BCUT2D eigenvalue weighted by Gasteiger charge is 2.25. The standard InChI is InChI=1S/C19H24BrN3O2/c20-18-10-9-16(25-18)12-21-14-5-7-15(8-6-14)23-19(24)11-13-3-1-2-4-17(13)22-23/h9-11,14-15,21H,1-8,12H2. The number of nitrogens with one attached hydrogen (secondary N) is 1. The van der Waals surface area contributed by atoms with Crippen LogP contribution in [0.1, 0.15) is 61.6 Å². The minimum absolute atomic E-state index is 0.0810. The van der Waals surface area contributed by atoms with Crippen LogP contribution in [0.15, 0.2) is 32.1 Å². The van der Waals surface area contributed by atoms with Gasteiger partial charge in [0.25, 0.3) is 5.56 Å². The molecule has 25 heavy (non-hydrogen) atoms. The second-order valence-electron chi connectivity index (χ2n) is 7.20. The van der Waals surface area contributed by atoms with Gasteiger partial charge in [0.1, 0.15) is 5.76 Å². The summed E-state index contributed by atoms with van der Waals surface area (Å²) in [4.78, 5) is 12.5. The minimum Gasteiger partial charge on any atom is -0.453 e. The number of nitrogens with zero attached hydrogens (tertiary/aromatic N) is 2. The first-order valence-electron chi connectivity index (χ1n) is 9.28. The average Bonchev–Trinajstić information content (AvgIpc) is 3.05. The van der Waals surface area contributed by atoms with Gasteiger partial charge in [0.05, 0.1) is 18.3 Å². The number of halogens is 1. The number of aromatic nitrogens is 2. The number of hydrogen-bond donors (Lipinski definition) is 1. The zero-order valence-corrected chi connectivity index (χ0v) is 15.9. The van der Waals surface area contributed by atoms with E-state index in [2.05, 4.69) is 21.2 Å². The number of hydrogen-bond acceptors (Lipinski definition) is 4. The van der Waals surface area contributed by atoms with Gasteiger partial charge in [-0.15, -0.1) is 0 Å². The third-order valence-electron chi connectivity index (χ3n) is 5.47. The largest absolute Gasteiger partial charge is 0.453 e. The van der Waals surface area contributed by atoms with Gasteiger partial charge < -0.3 is 9.73 Å². The lowest BCUT2D eigenvalue weighted by molar-refractivity contribution is 0.262. The molecule has 2 aliphatic rings. The maximum Gasteiger partial charge on any atom is 0.267 e. The molecule has 2 aliphatic carbocycles. The first-order valence-corrected chi connectivity index (χ1v) is 10.1. The van der Waals surface area contributed by atoms with E-state index in [1.54, 1.807) is 4.68 Å². The summed E-state index contributed by atoms with van der Waals surface area (Å²) in [6.07, 6.45) is 8.55. The lowest BCUT2D eigenvalue weighted by Gasteiger charge is -2.30. The Morgan fingerprint density at radius 3 is 2.76 bits per heavy atom. The van der Waals surface area contributed by atoms with Crippen LogP contribution >= 0.6 is 15.9 Å². The summed E-state index contributed by atoms with van der Waals surface area (Å²) in [6, 6.07) is 6.46. The molecule has 0 spiro atoms. The molecule has 0 amide bonds. The molecule has 1 N–H and O–H groups in total. The third-order valence-corrected chi connectivity index (χ3v) is 5.89. The summed E-state index contributed by atoms with van der Waals surface area (Å²) in [5.74, 6) is 0.946. The lowest BCUT2D eigenvalue weighted by atomic mass is 9.91. The molecule has 134 valence electrons. The Balaban J connectivity index is 1.36. The first-order chi connectivity index (χ1) is 12.2. The summed E-state index contributed by atoms with van der Waals surface area (Å²) < 4.78 is 8.07. The van der Waals surface area contributed by atoms with Crippen LogP contribution in [0.25, 0.3) is 0 Å². The zero-order valence-electron chi connectivity index (χ0n) is 14.3. The van der Waals surface area contributed by atoms with Gasteiger partial charge >= 0.3 is 0 Å². The Morgan fingerprint density at radius 1 is 1.20 bits per heavy atom. The van der Waals surface area contributed by atoms with E-state index in [4.69, 9.17) is 9.52 Å². The molecule has 4 rings (SSSR count). The van der Waals surface area contributed by atoms with Crippen molar-refractivity contribution >= 4 is 15.9 Å². The normalized spacial score (nSPS) is 23.4. The topological polar surface area (TPSA) is 60.1 Å². The van der Waals surface area contributed by atoms with E-state index in [0.717, 1.165) is 61.2 Å². The van der Waals surface area contributed by atoms with Gasteiger partial charge in [-0.3, -0.25) is 4.79 Å². The third kappa shape index (κ3) is 3.90. The fourth-order valence-corrected chi connectivity index (χ4v) is 4.39. The first kappa shape index (κ1) is 17.0. The molecule has 2 aromatic heterocycles. The van der Waals surface area contributed by atoms with E-state index in [1.165, 1.54) is 18.4 Å². The van der Waals surface area contributed by atoms with Gasteiger partial charge in [0.15, 0.2) is 4.67 Å². The van der Waals surface area contributed by atoms with Gasteiger partial charge in [-0.1, -0.05) is 0 Å². The number of aryl methyl sites for hydroxylation is 2. The quantitative estimate of drug-likeness (QED) is 0.840. The van der Waals surface area contributed by atoms with Crippen LogP contribution in [-0.2, 0) is 19.4 Å². The highest BCUT2D eigenvalue weighted by atomic mass is 79.9. The molecule has 2 heterocycles. The van der Waals surface area contributed by atoms with Crippen molar-refractivity contribution in [1.82, 2.24) is 15.1 Å². The summed E-state index contributed by atoms with van der Waals surface area (Å²) in [6.45, 7) is 0.748. The van der Waals surface area contributed by atoms with Crippen molar-refractivity contribution in [3.05, 3.63) is 50.2 Å². The van der Waals surface area contributed by atoms with Crippen LogP contribution in [-0.4, -0.2) is 15.8 Å². The van der Waals surface area contributed by atoms with Gasteiger partial charge in [-0.25, -0.2) is 4.68 Å². The van der Waals surface area contributed by atoms with Gasteiger partial charge in [-0.05, 0) is 85.0 Å². The van der Waals surface area contributed by atoms with E-state index in [9.17, 15) is 4.79 Å². The molecule has 0 aromatic carbocycles. The Kier molecular flexibility index (Phi) is 5.08. The molecule has 0 unspecified atom stereocenters. The summed E-state index contributed by atoms with van der Waals surface area (Å²) in [7, 11) is 0. The van der Waals surface area contributed by atoms with Gasteiger partial charge in [0, 0.05) is 12.1 Å². The molecule has 0 radical (unpaired) electrons. The summed E-state index contributed by atoms with van der Waals surface area (Å²) >= 11 is 3.33. The van der Waals surface area contributed by atoms with E-state index in [-0.39, 0.29) is 11.6 Å². The van der Waals surface area contributed by atoms with Crippen LogP contribution in [0.5, 0.6) is 0 Å². The van der Waals surface area contributed by atoms with Crippen molar-refractivity contribution < 1.29 is 4.42 Å². The molecule has 0 aliphatic heterocycles. The number of furan rings is 1. The Bertz CT molecular complexity index is 790. The molecule has 1 fully saturated rings. The number of rotatable bonds is 4. The van der Waals surface area contributed by atoms with Crippen LogP contribution in [0.3, 0.4) is 0 Å². The maximum absolute atomic E-state index is 12.5. The monoisotopic (exact) mass is 405 g/mol. The predicted octanol–water partition coefficient (Wildman–Crippen LogP) is 3.75. The van der Waals surface area contributed by atoms with E-state index < -0.39 is 0 Å². The molecule has 5 nitrogen and oxygen atoms in total. The zero-order chi connectivity index (χ0) is 17.2. The molecule has 0 saturated heterocycles. The second-order valence-corrected chi connectivity index (χ2v) is 7.98. The molecule has 6 heteroatoms. The number of fused-ring (bicyclic) bond motifs is 1. The molecule has 2 aromatic rings. The molecular formula is C19H24BrN3O2. The molecule has 1 saturated carbocycles. The van der Waals surface area contributed by atoms with Crippen molar-refractivity contribution in [3.63, 3.8) is 0 Å². The molecule has 0 atom stereocenters. The Labute approximate surface area is 155 Å². The van der Waals surface area contributed by atoms with Crippen LogP contribution < -0.4 is 10.9 Å². The maximum atomic E-state index is 12.5. The second kappa shape index (κ2) is 7.46. The lowest BCUT2D eigenvalue weighted by Crippen LogP contribution is -2.37. The van der Waals surface area contributed by atoms with Gasteiger partial charge in [0.2, 0.25) is 0 Å². The Hall–Kier alpha value is -1.40. The summed E-state index contributed by atoms with van der Waals surface area (Å²) in [5.41, 5.74) is 2.40. The van der Waals surface area contributed by atoms with Crippen molar-refractivity contribution in [2.75, 3.05) is 0 Å². The van der Waals surface area contributed by atoms with Gasteiger partial charge in [-0.2, -0.15) is 5.10 Å². The SMILES string of the molecule is O=c1cc2c(nn1C1CCC(NCc3ccc(Br)o3)CC1)CCCC2. The fraction of sp³-hybridized carbons (Fsp3) is 0.579. The average molecular weight is 406 g/mol. The highest BCUT2D eigenvalue weighted by molar-refractivity contribution is 9.10. The molecule has 0 bridgehead atoms. The van der Waals surface area contributed by atoms with E-state index >= 15 is 0 Å². The minimum atomic E-state index is 0.0810. The predicted molar refractivity (Wildman–Crippen MR) is 99.7 cm³/mol. The van der Waals surface area contributed by atoms with E-state index in [1.807, 2.05) is 18.2 Å².